The van der Waals surface area contributed by atoms with Crippen LogP contribution in [0, 0.1) is 6.92 Å². The molecule has 2 aliphatic rings. The Morgan fingerprint density at radius 1 is 0.558 bits per heavy atom. The van der Waals surface area contributed by atoms with Gasteiger partial charge in [-0.2, -0.15) is 0 Å². The van der Waals surface area contributed by atoms with Crippen LogP contribution in [0.4, 0.5) is 5.69 Å². The molecule has 5 nitrogen and oxygen atoms in total. The first kappa shape index (κ1) is 26.4. The van der Waals surface area contributed by atoms with Crippen LogP contribution in [-0.2, 0) is 30.1 Å². The Hall–Kier alpha value is -5.55. The van der Waals surface area contributed by atoms with Gasteiger partial charge in [0, 0.05) is 11.3 Å². The Morgan fingerprint density at radius 2 is 1.02 bits per heavy atom. The van der Waals surface area contributed by atoms with Crippen molar-refractivity contribution in [3.05, 3.63) is 179 Å². The highest BCUT2D eigenvalue weighted by Crippen LogP contribution is 2.62. The van der Waals surface area contributed by atoms with Crippen LogP contribution < -0.4 is 4.90 Å². The number of fused-ring (bicyclic) bond motifs is 1. The summed E-state index contributed by atoms with van der Waals surface area (Å²) in [7, 11) is 0. The van der Waals surface area contributed by atoms with Crippen LogP contribution in [0.2, 0.25) is 0 Å². The van der Waals surface area contributed by atoms with E-state index >= 15 is 4.79 Å². The van der Waals surface area contributed by atoms with E-state index in [2.05, 4.69) is 0 Å². The van der Waals surface area contributed by atoms with Gasteiger partial charge >= 0.3 is 5.97 Å². The van der Waals surface area contributed by atoms with E-state index in [4.69, 9.17) is 4.74 Å². The number of hydrogen-bond donors (Lipinski definition) is 0. The summed E-state index contributed by atoms with van der Waals surface area (Å²) in [5.41, 5.74) is 0.917. The largest absolute Gasteiger partial charge is 0.441 e. The van der Waals surface area contributed by atoms with E-state index in [0.29, 0.717) is 33.6 Å². The van der Waals surface area contributed by atoms with Gasteiger partial charge in [-0.1, -0.05) is 139 Å². The molecule has 2 heterocycles. The Bertz CT molecular complexity index is 1840. The van der Waals surface area contributed by atoms with Gasteiger partial charge < -0.3 is 4.74 Å². The molecule has 0 radical (unpaired) electrons. The quantitative estimate of drug-likeness (QED) is 0.176. The van der Waals surface area contributed by atoms with Crippen molar-refractivity contribution in [3.63, 3.8) is 0 Å². The molecule has 208 valence electrons. The lowest BCUT2D eigenvalue weighted by Crippen LogP contribution is -2.64. The molecule has 0 N–H and O–H groups in total. The van der Waals surface area contributed by atoms with E-state index in [0.717, 1.165) is 5.56 Å². The molecule has 1 saturated heterocycles. The number of hydrogen-bond acceptors (Lipinski definition) is 4. The number of amides is 1. The van der Waals surface area contributed by atoms with E-state index < -0.39 is 22.8 Å². The second kappa shape index (κ2) is 10.1. The molecule has 0 aliphatic carbocycles. The molecule has 0 saturated carbocycles. The van der Waals surface area contributed by atoms with E-state index in [1.54, 1.807) is 4.90 Å². The van der Waals surface area contributed by atoms with Crippen LogP contribution in [0.3, 0.4) is 0 Å². The number of ether oxygens (including phenoxy) is 1. The van der Waals surface area contributed by atoms with Crippen LogP contribution in [0.15, 0.2) is 151 Å². The molecule has 0 aromatic heterocycles. The summed E-state index contributed by atoms with van der Waals surface area (Å²) in [6, 6.07) is 44.7. The molecule has 5 aromatic carbocycles. The number of carbonyl (C=O) groups excluding carboxylic acids is 3. The zero-order valence-electron chi connectivity index (χ0n) is 23.4. The number of carbonyl (C=O) groups is 3. The van der Waals surface area contributed by atoms with Gasteiger partial charge in [0.2, 0.25) is 0 Å². The number of Topliss-reactive ketones (excluding diaryl/α,β-unsaturated/α-hetero) is 1. The van der Waals surface area contributed by atoms with Gasteiger partial charge in [0.1, 0.15) is 5.41 Å². The lowest BCUT2D eigenvalue weighted by atomic mass is 9.55. The normalized spacial score (nSPS) is 19.3. The predicted octanol–water partition coefficient (Wildman–Crippen LogP) is 6.76. The van der Waals surface area contributed by atoms with Crippen LogP contribution in [0.1, 0.15) is 27.8 Å². The molecule has 0 spiro atoms. The average molecular weight is 562 g/mol. The van der Waals surface area contributed by atoms with Crippen LogP contribution in [0.25, 0.3) is 5.70 Å². The van der Waals surface area contributed by atoms with E-state index in [1.165, 1.54) is 0 Å². The Morgan fingerprint density at radius 3 is 1.53 bits per heavy atom. The van der Waals surface area contributed by atoms with Gasteiger partial charge in [-0.25, -0.2) is 4.79 Å². The minimum Gasteiger partial charge on any atom is -0.441 e. The van der Waals surface area contributed by atoms with E-state index in [1.807, 2.05) is 153 Å². The summed E-state index contributed by atoms with van der Waals surface area (Å²) in [6.45, 7) is 1.98. The summed E-state index contributed by atoms with van der Waals surface area (Å²) in [5.74, 6) is -2.12. The monoisotopic (exact) mass is 561 g/mol. The van der Waals surface area contributed by atoms with Crippen molar-refractivity contribution >= 4 is 29.0 Å². The number of aryl methyl sites for hydroxylation is 1. The number of nitrogens with zero attached hydrogens (tertiary/aromatic N) is 1. The van der Waals surface area contributed by atoms with Crippen molar-refractivity contribution < 1.29 is 19.1 Å². The molecule has 5 aromatic rings. The summed E-state index contributed by atoms with van der Waals surface area (Å²) in [6.07, 6.45) is 0. The van der Waals surface area contributed by atoms with E-state index in [9.17, 15) is 9.59 Å². The molecule has 2 aliphatic heterocycles. The highest BCUT2D eigenvalue weighted by Gasteiger charge is 2.73. The predicted molar refractivity (Wildman–Crippen MR) is 165 cm³/mol. The maximum atomic E-state index is 15.8. The lowest BCUT2D eigenvalue weighted by Gasteiger charge is -2.53. The highest BCUT2D eigenvalue weighted by molar-refractivity contribution is 6.47. The standard InChI is InChI=1S/C38H27NO4/c1-26-22-24-31(25-23-26)39-33(27-14-6-2-7-15-27)32-34(40)35(41)43-38(32,30-20-12-5-13-21-30)37(36(39)42,28-16-8-3-9-17-28)29-18-10-4-11-19-29/h2-25H,1H3/t38-/m1/s1. The fourth-order valence-corrected chi connectivity index (χ4v) is 6.67. The van der Waals surface area contributed by atoms with Gasteiger partial charge in [0.05, 0.1) is 11.3 Å². The number of benzene rings is 5. The van der Waals surface area contributed by atoms with Gasteiger partial charge in [0.25, 0.3) is 11.7 Å². The molecule has 7 rings (SSSR count). The molecule has 5 heteroatoms. The number of esters is 1. The summed E-state index contributed by atoms with van der Waals surface area (Å²) in [5, 5.41) is 0. The summed E-state index contributed by atoms with van der Waals surface area (Å²) in [4.78, 5) is 45.5. The third kappa shape index (κ3) is 3.68. The van der Waals surface area contributed by atoms with Crippen molar-refractivity contribution in [3.8, 4) is 0 Å². The Labute approximate surface area is 249 Å². The molecule has 0 unspecified atom stereocenters. The van der Waals surface area contributed by atoms with Gasteiger partial charge in [-0.3, -0.25) is 14.5 Å². The second-order valence-corrected chi connectivity index (χ2v) is 10.8. The van der Waals surface area contributed by atoms with Crippen LogP contribution in [-0.4, -0.2) is 17.7 Å². The minimum absolute atomic E-state index is 0.128. The molecule has 1 amide bonds. The van der Waals surface area contributed by atoms with Crippen molar-refractivity contribution in [2.75, 3.05) is 4.90 Å². The third-order valence-electron chi connectivity index (χ3n) is 8.46. The molecule has 1 atom stereocenters. The smallest absolute Gasteiger partial charge is 0.380 e. The number of anilines is 1. The second-order valence-electron chi connectivity index (χ2n) is 10.8. The molecular weight excluding hydrogens is 534 g/mol. The van der Waals surface area contributed by atoms with Crippen molar-refractivity contribution in [2.24, 2.45) is 0 Å². The molecule has 0 bridgehead atoms. The Balaban J connectivity index is 1.75. The molecular formula is C38H27NO4. The average Bonchev–Trinajstić information content (AvgIpc) is 3.33. The number of rotatable bonds is 5. The SMILES string of the molecule is Cc1ccc(N2C(=O)C(c3ccccc3)(c3ccccc3)[C@]3(c4ccccc4)OC(=O)C(=O)C3=C2c2ccccc2)cc1. The van der Waals surface area contributed by atoms with Gasteiger partial charge in [-0.15, -0.1) is 0 Å². The maximum Gasteiger partial charge on any atom is 0.380 e. The fourth-order valence-electron chi connectivity index (χ4n) is 6.67. The number of ketones is 1. The van der Waals surface area contributed by atoms with Gasteiger partial charge in [0.15, 0.2) is 5.60 Å². The lowest BCUT2D eigenvalue weighted by molar-refractivity contribution is -0.159. The van der Waals surface area contributed by atoms with Crippen LogP contribution in [0.5, 0.6) is 0 Å². The third-order valence-corrected chi connectivity index (χ3v) is 8.46. The van der Waals surface area contributed by atoms with Crippen molar-refractivity contribution in [2.45, 2.75) is 17.9 Å². The molecule has 43 heavy (non-hydrogen) atoms. The fraction of sp³-hybridized carbons (Fsp3) is 0.0789. The topological polar surface area (TPSA) is 63.7 Å². The highest BCUT2D eigenvalue weighted by atomic mass is 16.6. The summed E-state index contributed by atoms with van der Waals surface area (Å²) < 4.78 is 6.41. The first-order valence-electron chi connectivity index (χ1n) is 14.2. The Kier molecular flexibility index (Phi) is 6.17. The summed E-state index contributed by atoms with van der Waals surface area (Å²) >= 11 is 0. The van der Waals surface area contributed by atoms with Crippen molar-refractivity contribution in [1.82, 2.24) is 0 Å². The first-order chi connectivity index (χ1) is 21.0. The zero-order valence-corrected chi connectivity index (χ0v) is 23.4. The van der Waals surface area contributed by atoms with Gasteiger partial charge in [-0.05, 0) is 35.7 Å². The first-order valence-corrected chi connectivity index (χ1v) is 14.2. The van der Waals surface area contributed by atoms with Crippen LogP contribution >= 0.6 is 0 Å². The zero-order chi connectivity index (χ0) is 29.6. The minimum atomic E-state index is -1.81. The molecule has 1 fully saturated rings. The maximum absolute atomic E-state index is 15.8. The van der Waals surface area contributed by atoms with Crippen molar-refractivity contribution in [1.29, 1.82) is 0 Å². The van der Waals surface area contributed by atoms with E-state index in [-0.39, 0.29) is 11.5 Å².